The fraction of sp³-hybridized carbons (Fsp3) is 0.278. The molecule has 1 heterocycles. The van der Waals surface area contributed by atoms with Crippen molar-refractivity contribution in [3.05, 3.63) is 58.1 Å². The number of ether oxygens (including phenoxy) is 1. The van der Waals surface area contributed by atoms with Crippen molar-refractivity contribution in [2.24, 2.45) is 5.10 Å². The number of methoxy groups -OCH3 is 1. The summed E-state index contributed by atoms with van der Waals surface area (Å²) in [6.45, 7) is 0.860. The number of nitro benzene ring substituents is 1. The molecule has 0 bridgehead atoms. The average molecular weight is 404 g/mol. The molecule has 0 aliphatic carbocycles. The van der Waals surface area contributed by atoms with E-state index in [4.69, 9.17) is 4.74 Å². The molecule has 0 atom stereocenters. The highest BCUT2D eigenvalue weighted by Crippen LogP contribution is 2.30. The predicted octanol–water partition coefficient (Wildman–Crippen LogP) is 2.83. The molecule has 0 spiro atoms. The monoisotopic (exact) mass is 404 g/mol. The normalized spacial score (nSPS) is 15.0. The van der Waals surface area contributed by atoms with Crippen molar-refractivity contribution in [2.75, 3.05) is 25.6 Å². The number of hydrogen-bond acceptors (Lipinski definition) is 7. The topological polar surface area (TPSA) is 114 Å². The lowest BCUT2D eigenvalue weighted by Gasteiger charge is -2.15. The Labute approximate surface area is 162 Å². The first-order chi connectivity index (χ1) is 13.4. The van der Waals surface area contributed by atoms with Gasteiger partial charge in [-0.05, 0) is 37.1 Å². The van der Waals surface area contributed by atoms with Gasteiger partial charge in [-0.1, -0.05) is 12.1 Å². The molecule has 0 amide bonds. The summed E-state index contributed by atoms with van der Waals surface area (Å²) in [5.74, 6) is 0.606. The van der Waals surface area contributed by atoms with E-state index < -0.39 is 14.9 Å². The number of benzene rings is 2. The van der Waals surface area contributed by atoms with E-state index in [1.165, 1.54) is 29.8 Å². The molecule has 1 N–H and O–H groups in total. The summed E-state index contributed by atoms with van der Waals surface area (Å²) >= 11 is 0. The van der Waals surface area contributed by atoms with Crippen molar-refractivity contribution >= 4 is 27.6 Å². The molecule has 10 heteroatoms. The molecule has 3 rings (SSSR count). The van der Waals surface area contributed by atoms with Crippen LogP contribution in [0, 0.1) is 10.1 Å². The average Bonchev–Trinajstić information content (AvgIpc) is 3.24. The number of nitro groups is 1. The molecular formula is C18H20N4O5S. The van der Waals surface area contributed by atoms with Crippen molar-refractivity contribution < 1.29 is 18.1 Å². The molecule has 2 aromatic rings. The highest BCUT2D eigenvalue weighted by molar-refractivity contribution is 7.89. The smallest absolute Gasteiger partial charge is 0.295 e. The first-order valence-electron chi connectivity index (χ1n) is 8.64. The van der Waals surface area contributed by atoms with E-state index in [-0.39, 0.29) is 16.3 Å². The Balaban J connectivity index is 1.86. The summed E-state index contributed by atoms with van der Waals surface area (Å²) in [4.78, 5) is 10.7. The second-order valence-electron chi connectivity index (χ2n) is 6.16. The number of para-hydroxylation sites is 1. The van der Waals surface area contributed by atoms with Gasteiger partial charge in [0.15, 0.2) is 0 Å². The quantitative estimate of drug-likeness (QED) is 0.431. The Hall–Kier alpha value is -2.98. The predicted molar refractivity (Wildman–Crippen MR) is 105 cm³/mol. The lowest BCUT2D eigenvalue weighted by molar-refractivity contribution is -0.384. The van der Waals surface area contributed by atoms with Crippen molar-refractivity contribution in [1.82, 2.24) is 4.31 Å². The third kappa shape index (κ3) is 4.12. The molecule has 2 aromatic carbocycles. The number of nitrogens with zero attached hydrogens (tertiary/aromatic N) is 3. The summed E-state index contributed by atoms with van der Waals surface area (Å²) in [6, 6.07) is 10.9. The fourth-order valence-electron chi connectivity index (χ4n) is 2.94. The summed E-state index contributed by atoms with van der Waals surface area (Å²) < 4.78 is 31.8. The molecule has 0 radical (unpaired) electrons. The number of nitrogens with one attached hydrogen (secondary N) is 1. The van der Waals surface area contributed by atoms with Crippen LogP contribution in [0.4, 0.5) is 11.4 Å². The largest absolute Gasteiger partial charge is 0.496 e. The van der Waals surface area contributed by atoms with E-state index in [1.807, 2.05) is 12.1 Å². The second-order valence-corrected chi connectivity index (χ2v) is 8.10. The van der Waals surface area contributed by atoms with Gasteiger partial charge in [0, 0.05) is 24.7 Å². The Morgan fingerprint density at radius 2 is 1.93 bits per heavy atom. The lowest BCUT2D eigenvalue weighted by atomic mass is 10.2. The van der Waals surface area contributed by atoms with Crippen molar-refractivity contribution in [3.63, 3.8) is 0 Å². The minimum atomic E-state index is -3.74. The number of hydrazone groups is 1. The molecule has 28 heavy (non-hydrogen) atoms. The van der Waals surface area contributed by atoms with Gasteiger partial charge in [-0.15, -0.1) is 0 Å². The summed E-state index contributed by atoms with van der Waals surface area (Å²) in [5.41, 5.74) is 3.03. The van der Waals surface area contributed by atoms with Crippen LogP contribution >= 0.6 is 0 Å². The Bertz CT molecular complexity index is 1000. The Kier molecular flexibility index (Phi) is 5.90. The van der Waals surface area contributed by atoms with Crippen LogP contribution in [0.2, 0.25) is 0 Å². The van der Waals surface area contributed by atoms with Gasteiger partial charge in [-0.25, -0.2) is 8.42 Å². The highest BCUT2D eigenvalue weighted by Gasteiger charge is 2.29. The van der Waals surface area contributed by atoms with E-state index in [1.54, 1.807) is 12.1 Å². The Morgan fingerprint density at radius 3 is 2.61 bits per heavy atom. The minimum Gasteiger partial charge on any atom is -0.496 e. The van der Waals surface area contributed by atoms with E-state index in [0.29, 0.717) is 24.4 Å². The highest BCUT2D eigenvalue weighted by atomic mass is 32.2. The van der Waals surface area contributed by atoms with Gasteiger partial charge in [0.1, 0.15) is 11.4 Å². The third-order valence-electron chi connectivity index (χ3n) is 4.40. The van der Waals surface area contributed by atoms with Crippen LogP contribution in [0.5, 0.6) is 5.75 Å². The van der Waals surface area contributed by atoms with E-state index >= 15 is 0 Å². The standard InChI is InChI=1S/C18H20N4O5S/c1-27-18-7-3-2-6-14(18)13-19-20-16-9-8-15(12-17(16)22(23)24)28(25,26)21-10-4-5-11-21/h2-3,6-9,12-13,20H,4-5,10-11H2,1H3/b19-13+. The van der Waals surface area contributed by atoms with Gasteiger partial charge in [-0.3, -0.25) is 15.5 Å². The van der Waals surface area contributed by atoms with Crippen molar-refractivity contribution in [1.29, 1.82) is 0 Å². The van der Waals surface area contributed by atoms with Gasteiger partial charge in [-0.2, -0.15) is 9.41 Å². The maximum absolute atomic E-state index is 12.6. The molecule has 1 saturated heterocycles. The van der Waals surface area contributed by atoms with Crippen LogP contribution in [0.3, 0.4) is 0 Å². The van der Waals surface area contributed by atoms with E-state index in [9.17, 15) is 18.5 Å². The molecule has 148 valence electrons. The number of anilines is 1. The van der Waals surface area contributed by atoms with Crippen LogP contribution in [-0.2, 0) is 10.0 Å². The maximum atomic E-state index is 12.6. The maximum Gasteiger partial charge on any atom is 0.295 e. The zero-order valence-electron chi connectivity index (χ0n) is 15.2. The van der Waals surface area contributed by atoms with Gasteiger partial charge < -0.3 is 4.74 Å². The zero-order valence-corrected chi connectivity index (χ0v) is 16.1. The zero-order chi connectivity index (χ0) is 20.1. The molecule has 0 unspecified atom stereocenters. The molecular weight excluding hydrogens is 384 g/mol. The first-order valence-corrected chi connectivity index (χ1v) is 10.1. The fourth-order valence-corrected chi connectivity index (χ4v) is 4.48. The molecule has 9 nitrogen and oxygen atoms in total. The summed E-state index contributed by atoms with van der Waals surface area (Å²) in [5, 5.41) is 15.5. The van der Waals surface area contributed by atoms with E-state index in [0.717, 1.165) is 18.9 Å². The van der Waals surface area contributed by atoms with Gasteiger partial charge in [0.2, 0.25) is 10.0 Å². The SMILES string of the molecule is COc1ccccc1/C=N/Nc1ccc(S(=O)(=O)N2CCCC2)cc1[N+](=O)[O-]. The minimum absolute atomic E-state index is 0.0940. The van der Waals surface area contributed by atoms with Gasteiger partial charge in [0.05, 0.1) is 23.1 Å². The van der Waals surface area contributed by atoms with Crippen molar-refractivity contribution in [3.8, 4) is 5.75 Å². The lowest BCUT2D eigenvalue weighted by Crippen LogP contribution is -2.27. The Morgan fingerprint density at radius 1 is 1.21 bits per heavy atom. The van der Waals surface area contributed by atoms with Crippen LogP contribution in [0.1, 0.15) is 18.4 Å². The van der Waals surface area contributed by atoms with Gasteiger partial charge >= 0.3 is 0 Å². The van der Waals surface area contributed by atoms with Crippen LogP contribution in [0.25, 0.3) is 0 Å². The molecule has 1 fully saturated rings. The first kappa shape index (κ1) is 19.8. The summed E-state index contributed by atoms with van der Waals surface area (Å²) in [7, 11) is -2.21. The van der Waals surface area contributed by atoms with Crippen LogP contribution in [0.15, 0.2) is 52.5 Å². The molecule has 1 aliphatic rings. The second kappa shape index (κ2) is 8.36. The third-order valence-corrected chi connectivity index (χ3v) is 6.29. The van der Waals surface area contributed by atoms with Crippen molar-refractivity contribution in [2.45, 2.75) is 17.7 Å². The molecule has 0 aromatic heterocycles. The van der Waals surface area contributed by atoms with Gasteiger partial charge in [0.25, 0.3) is 5.69 Å². The molecule has 0 saturated carbocycles. The molecule has 1 aliphatic heterocycles. The van der Waals surface area contributed by atoms with E-state index in [2.05, 4.69) is 10.5 Å². The number of sulfonamides is 1. The number of hydrogen-bond donors (Lipinski definition) is 1. The number of rotatable bonds is 7. The summed E-state index contributed by atoms with van der Waals surface area (Å²) in [6.07, 6.45) is 3.05. The van der Waals surface area contributed by atoms with Crippen LogP contribution < -0.4 is 10.2 Å². The van der Waals surface area contributed by atoms with Crippen LogP contribution in [-0.4, -0.2) is 44.1 Å².